The van der Waals surface area contributed by atoms with Crippen LogP contribution in [0.25, 0.3) is 0 Å². The van der Waals surface area contributed by atoms with Gasteiger partial charge in [0.25, 0.3) is 11.6 Å². The van der Waals surface area contributed by atoms with Gasteiger partial charge in [-0.05, 0) is 35.9 Å². The van der Waals surface area contributed by atoms with E-state index in [2.05, 4.69) is 5.32 Å². The Balaban J connectivity index is 1.61. The third-order valence-electron chi connectivity index (χ3n) is 3.63. The van der Waals surface area contributed by atoms with Gasteiger partial charge in [-0.2, -0.15) is 0 Å². The lowest BCUT2D eigenvalue weighted by Crippen LogP contribution is -2.22. The first-order valence-corrected chi connectivity index (χ1v) is 7.88. The quantitative estimate of drug-likeness (QED) is 0.517. The molecule has 0 radical (unpaired) electrons. The van der Waals surface area contributed by atoms with Crippen LogP contribution in [0.15, 0.2) is 71.3 Å². The fourth-order valence-electron chi connectivity index (χ4n) is 2.34. The fraction of sp³-hybridized carbons (Fsp3) is 0.105. The summed E-state index contributed by atoms with van der Waals surface area (Å²) < 4.78 is 10.8. The second-order valence-corrected chi connectivity index (χ2v) is 5.51. The van der Waals surface area contributed by atoms with E-state index in [1.54, 1.807) is 48.7 Å². The number of rotatable bonds is 7. The predicted octanol–water partition coefficient (Wildman–Crippen LogP) is 3.70. The third-order valence-corrected chi connectivity index (χ3v) is 3.63. The number of nitrogens with one attached hydrogen (secondary N) is 1. The zero-order valence-corrected chi connectivity index (χ0v) is 13.8. The summed E-state index contributed by atoms with van der Waals surface area (Å²) in [6.07, 6.45) is 1.55. The van der Waals surface area contributed by atoms with Gasteiger partial charge < -0.3 is 14.5 Å². The molecular weight excluding hydrogens is 336 g/mol. The SMILES string of the molecule is O=C(NCc1ccco1)c1cccc(COc2cccc([N+](=O)[O-])c2)c1. The first kappa shape index (κ1) is 17.2. The molecule has 0 aliphatic heterocycles. The Kier molecular flexibility index (Phi) is 5.28. The fourth-order valence-corrected chi connectivity index (χ4v) is 2.34. The van der Waals surface area contributed by atoms with Crippen LogP contribution in [-0.4, -0.2) is 10.8 Å². The average molecular weight is 352 g/mol. The van der Waals surface area contributed by atoms with Crippen LogP contribution in [0.3, 0.4) is 0 Å². The number of hydrogen-bond donors (Lipinski definition) is 1. The van der Waals surface area contributed by atoms with Crippen molar-refractivity contribution in [3.8, 4) is 5.75 Å². The highest BCUT2D eigenvalue weighted by molar-refractivity contribution is 5.94. The highest BCUT2D eigenvalue weighted by Crippen LogP contribution is 2.20. The summed E-state index contributed by atoms with van der Waals surface area (Å²) in [5, 5.41) is 13.6. The van der Waals surface area contributed by atoms with Gasteiger partial charge in [-0.25, -0.2) is 0 Å². The molecule has 7 nitrogen and oxygen atoms in total. The van der Waals surface area contributed by atoms with Crippen LogP contribution in [0.5, 0.6) is 5.75 Å². The minimum atomic E-state index is -0.475. The minimum Gasteiger partial charge on any atom is -0.489 e. The number of nitrogens with zero attached hydrogens (tertiary/aromatic N) is 1. The van der Waals surface area contributed by atoms with Gasteiger partial charge in [0, 0.05) is 11.6 Å². The monoisotopic (exact) mass is 352 g/mol. The van der Waals surface area contributed by atoms with Crippen molar-refractivity contribution in [2.24, 2.45) is 0 Å². The first-order valence-electron chi connectivity index (χ1n) is 7.88. The van der Waals surface area contributed by atoms with Crippen LogP contribution in [0.1, 0.15) is 21.7 Å². The summed E-state index contributed by atoms with van der Waals surface area (Å²) in [4.78, 5) is 22.5. The molecule has 0 spiro atoms. The van der Waals surface area contributed by atoms with Crippen molar-refractivity contribution in [1.29, 1.82) is 0 Å². The standard InChI is InChI=1S/C19H16N2O5/c22-19(20-12-18-8-3-9-25-18)15-5-1-4-14(10-15)13-26-17-7-2-6-16(11-17)21(23)24/h1-11H,12-13H2,(H,20,22). The molecule has 0 saturated carbocycles. The van der Waals surface area contributed by atoms with Gasteiger partial charge in [0.15, 0.2) is 0 Å². The number of benzene rings is 2. The molecule has 132 valence electrons. The summed E-state index contributed by atoms with van der Waals surface area (Å²) >= 11 is 0. The van der Waals surface area contributed by atoms with Crippen molar-refractivity contribution in [3.05, 3.63) is 93.9 Å². The van der Waals surface area contributed by atoms with E-state index in [0.717, 1.165) is 5.56 Å². The second kappa shape index (κ2) is 7.98. The zero-order chi connectivity index (χ0) is 18.4. The molecule has 1 N–H and O–H groups in total. The Hall–Kier alpha value is -3.61. The summed E-state index contributed by atoms with van der Waals surface area (Å²) in [5.41, 5.74) is 1.24. The summed E-state index contributed by atoms with van der Waals surface area (Å²) in [6, 6.07) is 16.5. The molecule has 0 unspecified atom stereocenters. The second-order valence-electron chi connectivity index (χ2n) is 5.51. The van der Waals surface area contributed by atoms with Crippen molar-refractivity contribution in [2.75, 3.05) is 0 Å². The summed E-state index contributed by atoms with van der Waals surface area (Å²) in [6.45, 7) is 0.501. The van der Waals surface area contributed by atoms with Crippen LogP contribution in [0.2, 0.25) is 0 Å². The summed E-state index contributed by atoms with van der Waals surface area (Å²) in [5.74, 6) is 0.842. The van der Waals surface area contributed by atoms with E-state index in [9.17, 15) is 14.9 Å². The largest absolute Gasteiger partial charge is 0.489 e. The number of furan rings is 1. The Labute approximate surface area is 149 Å². The smallest absolute Gasteiger partial charge is 0.273 e. The molecule has 1 heterocycles. The lowest BCUT2D eigenvalue weighted by Gasteiger charge is -2.08. The van der Waals surface area contributed by atoms with Gasteiger partial charge in [0.2, 0.25) is 0 Å². The number of carbonyl (C=O) groups excluding carboxylic acids is 1. The molecular formula is C19H16N2O5. The number of nitro benzene ring substituents is 1. The highest BCUT2D eigenvalue weighted by Gasteiger charge is 2.09. The van der Waals surface area contributed by atoms with Crippen molar-refractivity contribution in [2.45, 2.75) is 13.2 Å². The van der Waals surface area contributed by atoms with Crippen molar-refractivity contribution < 1.29 is 18.9 Å². The molecule has 0 bridgehead atoms. The topological polar surface area (TPSA) is 94.6 Å². The maximum atomic E-state index is 12.2. The van der Waals surface area contributed by atoms with Gasteiger partial charge in [0.05, 0.1) is 23.8 Å². The van der Waals surface area contributed by atoms with Crippen LogP contribution < -0.4 is 10.1 Å². The number of amides is 1. The number of hydrogen-bond acceptors (Lipinski definition) is 5. The Morgan fingerprint density at radius 1 is 1.12 bits per heavy atom. The molecule has 0 atom stereocenters. The van der Waals surface area contributed by atoms with Gasteiger partial charge in [-0.15, -0.1) is 0 Å². The molecule has 0 aliphatic rings. The van der Waals surface area contributed by atoms with Gasteiger partial charge >= 0.3 is 0 Å². The van der Waals surface area contributed by atoms with Crippen molar-refractivity contribution in [1.82, 2.24) is 5.32 Å². The van der Waals surface area contributed by atoms with E-state index < -0.39 is 4.92 Å². The molecule has 7 heteroatoms. The van der Waals surface area contributed by atoms with E-state index in [1.165, 1.54) is 12.1 Å². The van der Waals surface area contributed by atoms with Gasteiger partial charge in [-0.3, -0.25) is 14.9 Å². The maximum Gasteiger partial charge on any atom is 0.273 e. The molecule has 2 aromatic carbocycles. The molecule has 26 heavy (non-hydrogen) atoms. The molecule has 0 saturated heterocycles. The third kappa shape index (κ3) is 4.47. The number of nitro groups is 1. The van der Waals surface area contributed by atoms with Crippen LogP contribution >= 0.6 is 0 Å². The van der Waals surface area contributed by atoms with Crippen LogP contribution in [0.4, 0.5) is 5.69 Å². The minimum absolute atomic E-state index is 0.0337. The first-order chi connectivity index (χ1) is 12.6. The average Bonchev–Trinajstić information content (AvgIpc) is 3.18. The molecule has 3 aromatic rings. The van der Waals surface area contributed by atoms with Crippen molar-refractivity contribution in [3.63, 3.8) is 0 Å². The van der Waals surface area contributed by atoms with E-state index in [0.29, 0.717) is 23.6 Å². The lowest BCUT2D eigenvalue weighted by atomic mass is 10.1. The van der Waals surface area contributed by atoms with Crippen LogP contribution in [0, 0.1) is 10.1 Å². The Bertz CT molecular complexity index is 906. The number of ether oxygens (including phenoxy) is 1. The normalized spacial score (nSPS) is 10.3. The summed E-state index contributed by atoms with van der Waals surface area (Å²) in [7, 11) is 0. The predicted molar refractivity (Wildman–Crippen MR) is 93.7 cm³/mol. The number of carbonyl (C=O) groups is 1. The highest BCUT2D eigenvalue weighted by atomic mass is 16.6. The molecule has 0 aliphatic carbocycles. The Morgan fingerprint density at radius 3 is 2.73 bits per heavy atom. The van der Waals surface area contributed by atoms with E-state index in [4.69, 9.17) is 9.15 Å². The molecule has 0 fully saturated rings. The molecule has 1 aromatic heterocycles. The Morgan fingerprint density at radius 2 is 1.96 bits per heavy atom. The molecule has 3 rings (SSSR count). The lowest BCUT2D eigenvalue weighted by molar-refractivity contribution is -0.384. The van der Waals surface area contributed by atoms with Gasteiger partial charge in [-0.1, -0.05) is 18.2 Å². The van der Waals surface area contributed by atoms with Crippen LogP contribution in [-0.2, 0) is 13.2 Å². The number of non-ortho nitro benzene ring substituents is 1. The van der Waals surface area contributed by atoms with Crippen molar-refractivity contribution >= 4 is 11.6 Å². The molecule has 1 amide bonds. The maximum absolute atomic E-state index is 12.2. The van der Waals surface area contributed by atoms with E-state index in [-0.39, 0.29) is 18.2 Å². The zero-order valence-electron chi connectivity index (χ0n) is 13.8. The van der Waals surface area contributed by atoms with E-state index in [1.807, 2.05) is 6.07 Å². The van der Waals surface area contributed by atoms with Gasteiger partial charge in [0.1, 0.15) is 18.1 Å². The van der Waals surface area contributed by atoms with E-state index >= 15 is 0 Å².